The Hall–Kier alpha value is -3.59. The smallest absolute Gasteiger partial charge is 0.317 e. The van der Waals surface area contributed by atoms with E-state index in [9.17, 15) is 22.3 Å². The molecule has 3 saturated heterocycles. The minimum absolute atomic E-state index is 0.0922. The molecule has 3 atom stereocenters. The summed E-state index contributed by atoms with van der Waals surface area (Å²) in [5.74, 6) is -1.80. The average Bonchev–Trinajstić information content (AvgIpc) is 3.75. The van der Waals surface area contributed by atoms with Crippen LogP contribution in [-0.4, -0.2) is 101 Å². The number of pyridine rings is 1. The van der Waals surface area contributed by atoms with Crippen LogP contribution in [0.15, 0.2) is 30.5 Å². The van der Waals surface area contributed by atoms with E-state index in [1.165, 1.54) is 48.9 Å². The van der Waals surface area contributed by atoms with Crippen LogP contribution in [0, 0.1) is 11.6 Å². The van der Waals surface area contributed by atoms with Gasteiger partial charge in [0.2, 0.25) is 0 Å². The van der Waals surface area contributed by atoms with Crippen molar-refractivity contribution in [1.82, 2.24) is 28.5 Å². The van der Waals surface area contributed by atoms with Crippen LogP contribution >= 0.6 is 0 Å². The number of halogens is 3. The van der Waals surface area contributed by atoms with Crippen molar-refractivity contribution in [2.45, 2.75) is 56.7 Å². The summed E-state index contributed by atoms with van der Waals surface area (Å²) < 4.78 is 80.8. The minimum atomic E-state index is -3.70. The maximum absolute atomic E-state index is 16.8. The van der Waals surface area contributed by atoms with Crippen LogP contribution < -0.4 is 4.74 Å². The van der Waals surface area contributed by atoms with Gasteiger partial charge in [-0.25, -0.2) is 13.2 Å². The Labute approximate surface area is 271 Å². The summed E-state index contributed by atoms with van der Waals surface area (Å²) in [7, 11) is -0.766. The molecule has 3 fully saturated rings. The fraction of sp³-hybridized carbons (Fsp3) is 0.485. The Bertz CT molecular complexity index is 2000. The molecule has 4 aromatic rings. The molecule has 0 bridgehead atoms. The summed E-state index contributed by atoms with van der Waals surface area (Å²) in [6.07, 6.45) is 3.25. The van der Waals surface area contributed by atoms with Crippen molar-refractivity contribution in [1.29, 1.82) is 0 Å². The highest BCUT2D eigenvalue weighted by Crippen LogP contribution is 2.42. The van der Waals surface area contributed by atoms with Gasteiger partial charge in [0.05, 0.1) is 11.2 Å². The van der Waals surface area contributed by atoms with E-state index in [-0.39, 0.29) is 48.2 Å². The highest BCUT2D eigenvalue weighted by molar-refractivity contribution is 7.86. The van der Waals surface area contributed by atoms with E-state index < -0.39 is 39.5 Å². The lowest BCUT2D eigenvalue weighted by Crippen LogP contribution is -2.43. The molecule has 0 saturated carbocycles. The van der Waals surface area contributed by atoms with E-state index in [1.54, 1.807) is 6.92 Å². The van der Waals surface area contributed by atoms with Crippen molar-refractivity contribution < 1.29 is 31.4 Å². The lowest BCUT2D eigenvalue weighted by atomic mass is 9.94. The number of nitrogens with zero attached hydrogens (tertiary/aromatic N) is 6. The Morgan fingerprint density at radius 2 is 1.96 bits per heavy atom. The number of alkyl halides is 1. The number of aryl methyl sites for hydroxylation is 1. The second kappa shape index (κ2) is 11.8. The molecule has 0 spiro atoms. The lowest BCUT2D eigenvalue weighted by molar-refractivity contribution is 0.107. The third-order valence-corrected chi connectivity index (χ3v) is 11.9. The molecule has 47 heavy (non-hydrogen) atoms. The van der Waals surface area contributed by atoms with E-state index >= 15 is 4.39 Å². The number of benzene rings is 2. The van der Waals surface area contributed by atoms with Crippen LogP contribution in [0.4, 0.5) is 13.2 Å². The Morgan fingerprint density at radius 1 is 1.15 bits per heavy atom. The van der Waals surface area contributed by atoms with Gasteiger partial charge in [-0.15, -0.1) is 0 Å². The van der Waals surface area contributed by atoms with Crippen LogP contribution in [0.3, 0.4) is 0 Å². The fourth-order valence-corrected chi connectivity index (χ4v) is 8.86. The number of phenolic OH excluding ortho intramolecular Hbond substituents is 1. The Morgan fingerprint density at radius 3 is 2.72 bits per heavy atom. The van der Waals surface area contributed by atoms with Crippen molar-refractivity contribution in [3.8, 4) is 23.0 Å². The molecule has 7 rings (SSSR count). The van der Waals surface area contributed by atoms with E-state index in [0.29, 0.717) is 53.2 Å². The van der Waals surface area contributed by atoms with Gasteiger partial charge in [-0.05, 0) is 66.8 Å². The third-order valence-electron chi connectivity index (χ3n) is 10.0. The maximum Gasteiger partial charge on any atom is 0.317 e. The quantitative estimate of drug-likeness (QED) is 0.281. The first-order chi connectivity index (χ1) is 22.4. The highest BCUT2D eigenvalue weighted by Gasteiger charge is 2.49. The van der Waals surface area contributed by atoms with E-state index in [0.717, 1.165) is 23.7 Å². The van der Waals surface area contributed by atoms with Crippen molar-refractivity contribution in [3.63, 3.8) is 0 Å². The Balaban J connectivity index is 1.36. The maximum atomic E-state index is 16.8. The molecular formula is C33H37F3N6O4S. The molecule has 5 heterocycles. The summed E-state index contributed by atoms with van der Waals surface area (Å²) in [5, 5.41) is 11.8. The van der Waals surface area contributed by atoms with Gasteiger partial charge in [-0.2, -0.15) is 27.0 Å². The van der Waals surface area contributed by atoms with Crippen molar-refractivity contribution in [3.05, 3.63) is 53.4 Å². The molecule has 1 unspecified atom stereocenters. The van der Waals surface area contributed by atoms with E-state index in [1.807, 2.05) is 0 Å². The van der Waals surface area contributed by atoms with Crippen LogP contribution in [0.1, 0.15) is 49.8 Å². The van der Waals surface area contributed by atoms with Gasteiger partial charge in [-0.3, -0.25) is 9.88 Å². The zero-order chi connectivity index (χ0) is 33.2. The van der Waals surface area contributed by atoms with Gasteiger partial charge >= 0.3 is 6.01 Å². The number of fused-ring (bicyclic) bond motifs is 3. The largest absolute Gasteiger partial charge is 0.508 e. The first-order valence-corrected chi connectivity index (χ1v) is 17.3. The number of hydrogen-bond donors (Lipinski definition) is 1. The lowest BCUT2D eigenvalue weighted by Gasteiger charge is -2.30. The van der Waals surface area contributed by atoms with Gasteiger partial charge in [0, 0.05) is 63.2 Å². The first kappa shape index (κ1) is 32.0. The van der Waals surface area contributed by atoms with Gasteiger partial charge in [0.1, 0.15) is 35.6 Å². The van der Waals surface area contributed by atoms with Gasteiger partial charge in [0.25, 0.3) is 10.2 Å². The Kier molecular flexibility index (Phi) is 8.05. The molecule has 0 aliphatic carbocycles. The number of aromatic nitrogens is 3. The van der Waals surface area contributed by atoms with Crippen LogP contribution in [0.5, 0.6) is 11.8 Å². The predicted molar refractivity (Wildman–Crippen MR) is 171 cm³/mol. The zero-order valence-electron chi connectivity index (χ0n) is 26.5. The number of aromatic hydroxyl groups is 1. The fourth-order valence-electron chi connectivity index (χ4n) is 7.69. The molecule has 250 valence electrons. The first-order valence-electron chi connectivity index (χ1n) is 15.9. The average molecular weight is 671 g/mol. The minimum Gasteiger partial charge on any atom is -0.508 e. The summed E-state index contributed by atoms with van der Waals surface area (Å²) in [4.78, 5) is 15.8. The van der Waals surface area contributed by atoms with E-state index in [4.69, 9.17) is 9.72 Å². The topological polar surface area (TPSA) is 112 Å². The molecule has 10 nitrogen and oxygen atoms in total. The predicted octanol–water partition coefficient (Wildman–Crippen LogP) is 4.94. The molecule has 14 heteroatoms. The van der Waals surface area contributed by atoms with E-state index in [2.05, 4.69) is 14.9 Å². The number of ether oxygens (including phenoxy) is 1. The van der Waals surface area contributed by atoms with Crippen molar-refractivity contribution in [2.24, 2.45) is 0 Å². The molecule has 1 N–H and O–H groups in total. The summed E-state index contributed by atoms with van der Waals surface area (Å²) in [6, 6.07) is 5.61. The SMILES string of the molecule is CCc1c(F)ccc2cc(O)cc(-c3ncc4c(C5CCN(S(=O)(=O)N(C)C)C5)nc(OC[C@@]56CCCN5C[C@H](F)C6)nc4c3F)c12. The number of hydrogen-bond acceptors (Lipinski definition) is 8. The number of rotatable bonds is 8. The second-order valence-corrected chi connectivity index (χ2v) is 15.2. The van der Waals surface area contributed by atoms with Gasteiger partial charge < -0.3 is 9.84 Å². The van der Waals surface area contributed by atoms with Crippen molar-refractivity contribution in [2.75, 3.05) is 46.9 Å². The zero-order valence-corrected chi connectivity index (χ0v) is 27.3. The van der Waals surface area contributed by atoms with Crippen LogP contribution in [-0.2, 0) is 16.6 Å². The molecular weight excluding hydrogens is 633 g/mol. The standard InChI is InChI=1S/C33H37F3N6O4S/c1-4-23-26(35)7-6-19-12-22(43)13-24(27(19)23)30-28(36)31-25(15-37-30)29(20-8-11-42(16-20)47(44,45)40(2)3)38-32(39-31)46-18-33-9-5-10-41(33)17-21(34)14-33/h6-7,12-13,15,20-21,43H,4-5,8-11,14,16-18H2,1-3H3/t20?,21-,33+/m1/s1. The molecule has 2 aromatic heterocycles. The van der Waals surface area contributed by atoms with Crippen molar-refractivity contribution >= 4 is 31.9 Å². The number of phenols is 1. The summed E-state index contributed by atoms with van der Waals surface area (Å²) in [6.45, 7) is 3.40. The second-order valence-electron chi connectivity index (χ2n) is 13.0. The molecule has 3 aliphatic heterocycles. The molecule has 3 aliphatic rings. The molecule has 0 radical (unpaired) electrons. The monoisotopic (exact) mass is 670 g/mol. The van der Waals surface area contributed by atoms with Gasteiger partial charge in [0.15, 0.2) is 5.82 Å². The highest BCUT2D eigenvalue weighted by atomic mass is 32.2. The molecule has 2 aromatic carbocycles. The summed E-state index contributed by atoms with van der Waals surface area (Å²) in [5.41, 5.74) is 0.256. The van der Waals surface area contributed by atoms with Gasteiger partial charge in [-0.1, -0.05) is 13.0 Å². The normalized spacial score (nSPS) is 23.8. The van der Waals surface area contributed by atoms with Crippen LogP contribution in [0.25, 0.3) is 32.9 Å². The third kappa shape index (κ3) is 5.38. The summed E-state index contributed by atoms with van der Waals surface area (Å²) >= 11 is 0. The molecule has 0 amide bonds. The van der Waals surface area contributed by atoms with Crippen LogP contribution in [0.2, 0.25) is 0 Å².